The van der Waals surface area contributed by atoms with Gasteiger partial charge in [-0.15, -0.1) is 0 Å². The maximum absolute atomic E-state index is 13.4. The number of fused-ring (bicyclic) bond motifs is 1. The summed E-state index contributed by atoms with van der Waals surface area (Å²) >= 11 is 6.22. The van der Waals surface area contributed by atoms with Crippen molar-refractivity contribution in [3.63, 3.8) is 0 Å². The van der Waals surface area contributed by atoms with Crippen molar-refractivity contribution < 1.29 is 4.79 Å². The lowest BCUT2D eigenvalue weighted by Gasteiger charge is -2.20. The van der Waals surface area contributed by atoms with Crippen LogP contribution >= 0.6 is 11.6 Å². The molecule has 0 bridgehead atoms. The van der Waals surface area contributed by atoms with E-state index in [2.05, 4.69) is 16.2 Å². The number of hydrogen-bond acceptors (Lipinski definition) is 3. The Morgan fingerprint density at radius 1 is 1.03 bits per heavy atom. The predicted molar refractivity (Wildman–Crippen MR) is 133 cm³/mol. The predicted octanol–water partition coefficient (Wildman–Crippen LogP) is 5.85. The Labute approximate surface area is 196 Å². The molecule has 1 atom stereocenters. The number of aromatic amines is 1. The van der Waals surface area contributed by atoms with Gasteiger partial charge in [0.05, 0.1) is 17.3 Å². The number of rotatable bonds is 3. The average Bonchev–Trinajstić information content (AvgIpc) is 3.24. The van der Waals surface area contributed by atoms with E-state index >= 15 is 0 Å². The van der Waals surface area contributed by atoms with Crippen molar-refractivity contribution in [2.45, 2.75) is 26.3 Å². The Morgan fingerprint density at radius 3 is 2.55 bits per heavy atom. The van der Waals surface area contributed by atoms with Crippen molar-refractivity contribution in [2.24, 2.45) is 5.10 Å². The number of nitrogens with one attached hydrogen (secondary N) is 1. The molecule has 1 aliphatic heterocycles. The van der Waals surface area contributed by atoms with Crippen LogP contribution in [0.2, 0.25) is 5.02 Å². The van der Waals surface area contributed by atoms with Crippen LogP contribution in [0.25, 0.3) is 22.0 Å². The monoisotopic (exact) mass is 455 g/mol. The first-order valence-corrected chi connectivity index (χ1v) is 11.2. The van der Waals surface area contributed by atoms with E-state index in [1.807, 2.05) is 67.6 Å². The van der Waals surface area contributed by atoms with Crippen molar-refractivity contribution in [1.29, 1.82) is 0 Å². The fourth-order valence-corrected chi connectivity index (χ4v) is 4.71. The highest BCUT2D eigenvalue weighted by atomic mass is 35.5. The molecule has 1 amide bonds. The second-order valence-electron chi connectivity index (χ2n) is 8.30. The van der Waals surface area contributed by atoms with E-state index in [0.717, 1.165) is 33.2 Å². The number of hydrazone groups is 1. The molecule has 5 nitrogen and oxygen atoms in total. The van der Waals surface area contributed by atoms with E-state index in [4.69, 9.17) is 11.6 Å². The van der Waals surface area contributed by atoms with E-state index in [1.165, 1.54) is 11.9 Å². The molecule has 6 heteroatoms. The van der Waals surface area contributed by atoms with E-state index in [-0.39, 0.29) is 17.5 Å². The molecule has 1 aliphatic rings. The van der Waals surface area contributed by atoms with Crippen molar-refractivity contribution in [1.82, 2.24) is 9.99 Å². The van der Waals surface area contributed by atoms with Crippen LogP contribution in [0.4, 0.5) is 0 Å². The fourth-order valence-electron chi connectivity index (χ4n) is 4.51. The highest BCUT2D eigenvalue weighted by Crippen LogP contribution is 2.37. The summed E-state index contributed by atoms with van der Waals surface area (Å²) in [5, 5.41) is 7.65. The molecule has 0 aliphatic carbocycles. The number of H-pyrrole nitrogens is 1. The molecular weight excluding hydrogens is 434 g/mol. The van der Waals surface area contributed by atoms with Crippen LogP contribution < -0.4 is 5.56 Å². The summed E-state index contributed by atoms with van der Waals surface area (Å²) in [6.07, 6.45) is 0.417. The minimum atomic E-state index is -0.326. The maximum Gasteiger partial charge on any atom is 0.258 e. The van der Waals surface area contributed by atoms with Gasteiger partial charge in [-0.05, 0) is 42.3 Å². The van der Waals surface area contributed by atoms with Gasteiger partial charge in [0.15, 0.2) is 0 Å². The van der Waals surface area contributed by atoms with Crippen LogP contribution in [0.5, 0.6) is 0 Å². The second-order valence-corrected chi connectivity index (χ2v) is 8.74. The first-order valence-electron chi connectivity index (χ1n) is 10.8. The smallest absolute Gasteiger partial charge is 0.258 e. The molecule has 0 saturated heterocycles. The molecule has 5 rings (SSSR count). The van der Waals surface area contributed by atoms with Gasteiger partial charge in [-0.3, -0.25) is 9.59 Å². The maximum atomic E-state index is 13.4. The number of carbonyl (C=O) groups excluding carboxylic acids is 1. The Kier molecular flexibility index (Phi) is 5.35. The SMILES string of the molecule is CC(=O)N1N=C(c2c(-c3ccccc3)c3cc(C)ccc3[nH]c2=O)C[C@@H]1c1cccc(Cl)c1. The Balaban J connectivity index is 1.75. The van der Waals surface area contributed by atoms with Gasteiger partial charge in [0, 0.05) is 34.8 Å². The summed E-state index contributed by atoms with van der Waals surface area (Å²) in [6, 6.07) is 22.9. The van der Waals surface area contributed by atoms with Crippen LogP contribution in [0.3, 0.4) is 0 Å². The van der Waals surface area contributed by atoms with Crippen LogP contribution in [-0.4, -0.2) is 21.6 Å². The number of carbonyl (C=O) groups is 1. The van der Waals surface area contributed by atoms with Crippen LogP contribution in [-0.2, 0) is 4.79 Å². The third-order valence-electron chi connectivity index (χ3n) is 5.99. The highest BCUT2D eigenvalue weighted by molar-refractivity contribution is 6.30. The summed E-state index contributed by atoms with van der Waals surface area (Å²) in [6.45, 7) is 3.51. The van der Waals surface area contributed by atoms with E-state index < -0.39 is 0 Å². The van der Waals surface area contributed by atoms with Gasteiger partial charge in [-0.1, -0.05) is 65.7 Å². The summed E-state index contributed by atoms with van der Waals surface area (Å²) in [5.74, 6) is -0.190. The quantitative estimate of drug-likeness (QED) is 0.420. The summed E-state index contributed by atoms with van der Waals surface area (Å²) in [7, 11) is 0. The van der Waals surface area contributed by atoms with Crippen molar-refractivity contribution in [3.8, 4) is 11.1 Å². The molecule has 0 radical (unpaired) electrons. The van der Waals surface area contributed by atoms with Crippen LogP contribution in [0, 0.1) is 6.92 Å². The molecular formula is C27H22ClN3O2. The zero-order valence-electron chi connectivity index (χ0n) is 18.3. The van der Waals surface area contributed by atoms with Crippen LogP contribution in [0.15, 0.2) is 82.7 Å². The zero-order valence-corrected chi connectivity index (χ0v) is 19.1. The third-order valence-corrected chi connectivity index (χ3v) is 6.22. The lowest BCUT2D eigenvalue weighted by molar-refractivity contribution is -0.130. The summed E-state index contributed by atoms with van der Waals surface area (Å²) in [4.78, 5) is 28.9. The van der Waals surface area contributed by atoms with Gasteiger partial charge in [-0.25, -0.2) is 5.01 Å². The van der Waals surface area contributed by atoms with Gasteiger partial charge < -0.3 is 4.98 Å². The molecule has 33 heavy (non-hydrogen) atoms. The van der Waals surface area contributed by atoms with Crippen molar-refractivity contribution in [3.05, 3.63) is 105 Å². The van der Waals surface area contributed by atoms with E-state index in [0.29, 0.717) is 22.7 Å². The Morgan fingerprint density at radius 2 is 1.82 bits per heavy atom. The standard InChI is InChI=1S/C27H22ClN3O2/c1-16-11-12-22-21(13-16)25(18-7-4-3-5-8-18)26(27(33)29-22)23-15-24(31(30-23)17(2)32)19-9-6-10-20(28)14-19/h3-14,24H,15H2,1-2H3,(H,29,33)/t24-/m1/s1. The van der Waals surface area contributed by atoms with Gasteiger partial charge in [0.2, 0.25) is 5.91 Å². The number of hydrogen-bond donors (Lipinski definition) is 1. The van der Waals surface area contributed by atoms with Gasteiger partial charge in [0.25, 0.3) is 5.56 Å². The summed E-state index contributed by atoms with van der Waals surface area (Å²) in [5.41, 5.74) is 5.35. The first-order chi connectivity index (χ1) is 15.9. The van der Waals surface area contributed by atoms with Crippen LogP contribution in [0.1, 0.15) is 36.1 Å². The van der Waals surface area contributed by atoms with Gasteiger partial charge in [-0.2, -0.15) is 5.10 Å². The summed E-state index contributed by atoms with van der Waals surface area (Å²) < 4.78 is 0. The lowest BCUT2D eigenvalue weighted by atomic mass is 9.90. The molecule has 0 fully saturated rings. The van der Waals surface area contributed by atoms with Gasteiger partial charge in [0.1, 0.15) is 0 Å². The number of pyridine rings is 1. The highest BCUT2D eigenvalue weighted by Gasteiger charge is 2.34. The molecule has 1 N–H and O–H groups in total. The number of nitrogens with zero attached hydrogens (tertiary/aromatic N) is 2. The molecule has 0 saturated carbocycles. The van der Waals surface area contributed by atoms with Gasteiger partial charge >= 0.3 is 0 Å². The third kappa shape index (κ3) is 3.85. The zero-order chi connectivity index (χ0) is 23.1. The van der Waals surface area contributed by atoms with E-state index in [9.17, 15) is 9.59 Å². The molecule has 1 aromatic heterocycles. The molecule has 4 aromatic rings. The van der Waals surface area contributed by atoms with E-state index in [1.54, 1.807) is 6.07 Å². The Bertz CT molecular complexity index is 1470. The minimum absolute atomic E-state index is 0.190. The first kappa shape index (κ1) is 21.2. The number of aryl methyl sites for hydroxylation is 1. The lowest BCUT2D eigenvalue weighted by Crippen LogP contribution is -2.24. The fraction of sp³-hybridized carbons (Fsp3) is 0.148. The number of halogens is 1. The number of amides is 1. The molecule has 0 spiro atoms. The average molecular weight is 456 g/mol. The van der Waals surface area contributed by atoms with Crippen molar-refractivity contribution in [2.75, 3.05) is 0 Å². The molecule has 0 unspecified atom stereocenters. The largest absolute Gasteiger partial charge is 0.321 e. The molecule has 164 valence electrons. The second kappa shape index (κ2) is 8.34. The number of benzene rings is 3. The Hall–Kier alpha value is -3.70. The number of aromatic nitrogens is 1. The minimum Gasteiger partial charge on any atom is -0.321 e. The molecule has 2 heterocycles. The normalized spacial score (nSPS) is 15.7. The topological polar surface area (TPSA) is 65.5 Å². The van der Waals surface area contributed by atoms with Crippen molar-refractivity contribution >= 4 is 34.1 Å². The molecule has 3 aromatic carbocycles.